The standard InChI is InChI=1S/C22H27N5O4S/c23-21(28)17-11-25-19(26-15-1-3-16(4-2-15)32(24,30)31)7-18(17)27-20-13-5-12-6-14(20)10-22(29,8-12)9-13/h1-4,7,11-14,20,29H,5-6,8-10H2,(H2,23,28)(H2,24,30,31)(H2,25,26,27)/t12?,13-,14+,20?,22?. The first-order valence-electron chi connectivity index (χ1n) is 10.8. The summed E-state index contributed by atoms with van der Waals surface area (Å²) < 4.78 is 22.9. The van der Waals surface area contributed by atoms with Gasteiger partial charge >= 0.3 is 0 Å². The molecule has 0 saturated heterocycles. The molecular weight excluding hydrogens is 430 g/mol. The molecule has 1 amide bonds. The minimum absolute atomic E-state index is 0.0194. The van der Waals surface area contributed by atoms with Gasteiger partial charge in [-0.05, 0) is 74.1 Å². The predicted molar refractivity (Wildman–Crippen MR) is 120 cm³/mol. The number of benzene rings is 1. The molecule has 4 bridgehead atoms. The molecule has 0 aliphatic heterocycles. The lowest BCUT2D eigenvalue weighted by Crippen LogP contribution is -2.59. The first-order valence-corrected chi connectivity index (χ1v) is 12.3. The molecule has 170 valence electrons. The van der Waals surface area contributed by atoms with Gasteiger partial charge in [-0.1, -0.05) is 0 Å². The predicted octanol–water partition coefficient (Wildman–Crippen LogP) is 1.92. The van der Waals surface area contributed by atoms with Gasteiger partial charge in [0.25, 0.3) is 5.91 Å². The van der Waals surface area contributed by atoms with E-state index in [1.807, 2.05) is 0 Å². The maximum absolute atomic E-state index is 12.0. The number of anilines is 3. The molecule has 32 heavy (non-hydrogen) atoms. The average molecular weight is 458 g/mol. The lowest BCUT2D eigenvalue weighted by Gasteiger charge is -2.58. The fourth-order valence-electron chi connectivity index (χ4n) is 6.11. The van der Waals surface area contributed by atoms with E-state index < -0.39 is 21.5 Å². The largest absolute Gasteiger partial charge is 0.390 e. The van der Waals surface area contributed by atoms with Crippen molar-refractivity contribution in [3.05, 3.63) is 42.1 Å². The van der Waals surface area contributed by atoms with E-state index in [1.54, 1.807) is 18.2 Å². The van der Waals surface area contributed by atoms with E-state index in [9.17, 15) is 18.3 Å². The first kappa shape index (κ1) is 21.2. The van der Waals surface area contributed by atoms with Crippen molar-refractivity contribution >= 4 is 33.1 Å². The molecular formula is C22H27N5O4S. The van der Waals surface area contributed by atoms with Gasteiger partial charge < -0.3 is 21.5 Å². The summed E-state index contributed by atoms with van der Waals surface area (Å²) in [5.74, 6) is 1.24. The Morgan fingerprint density at radius 1 is 1.12 bits per heavy atom. The summed E-state index contributed by atoms with van der Waals surface area (Å²) in [6, 6.07) is 7.92. The number of hydrogen-bond acceptors (Lipinski definition) is 7. The van der Waals surface area contributed by atoms with E-state index in [2.05, 4.69) is 15.6 Å². The van der Waals surface area contributed by atoms with Crippen molar-refractivity contribution in [3.63, 3.8) is 0 Å². The van der Waals surface area contributed by atoms with Crippen molar-refractivity contribution in [3.8, 4) is 0 Å². The van der Waals surface area contributed by atoms with Crippen LogP contribution in [0.25, 0.3) is 0 Å². The summed E-state index contributed by atoms with van der Waals surface area (Å²) in [7, 11) is -3.77. The minimum Gasteiger partial charge on any atom is -0.390 e. The highest BCUT2D eigenvalue weighted by Gasteiger charge is 2.54. The smallest absolute Gasteiger partial charge is 0.252 e. The van der Waals surface area contributed by atoms with E-state index in [0.29, 0.717) is 40.5 Å². The van der Waals surface area contributed by atoms with Crippen molar-refractivity contribution < 1.29 is 18.3 Å². The number of carbonyl (C=O) groups excluding carboxylic acids is 1. The number of primary amides is 1. The van der Waals surface area contributed by atoms with Crippen LogP contribution in [0.3, 0.4) is 0 Å². The summed E-state index contributed by atoms with van der Waals surface area (Å²) in [6.07, 6.45) is 6.11. The molecule has 4 saturated carbocycles. The second kappa shape index (κ2) is 7.43. The summed E-state index contributed by atoms with van der Waals surface area (Å²) in [4.78, 5) is 16.3. The van der Waals surface area contributed by atoms with E-state index in [0.717, 1.165) is 32.1 Å². The molecule has 0 spiro atoms. The van der Waals surface area contributed by atoms with Gasteiger partial charge in [-0.15, -0.1) is 0 Å². The number of pyridine rings is 1. The highest BCUT2D eigenvalue weighted by Crippen LogP contribution is 2.56. The maximum atomic E-state index is 12.0. The highest BCUT2D eigenvalue weighted by molar-refractivity contribution is 7.89. The molecule has 3 unspecified atom stereocenters. The first-order chi connectivity index (χ1) is 15.1. The summed E-state index contributed by atoms with van der Waals surface area (Å²) >= 11 is 0. The van der Waals surface area contributed by atoms with Crippen LogP contribution in [0.5, 0.6) is 0 Å². The summed E-state index contributed by atoms with van der Waals surface area (Å²) in [5, 5.41) is 22.7. The average Bonchev–Trinajstić information content (AvgIpc) is 2.69. The second-order valence-corrected chi connectivity index (χ2v) is 11.1. The van der Waals surface area contributed by atoms with Crippen LogP contribution >= 0.6 is 0 Å². The molecule has 2 aromatic rings. The van der Waals surface area contributed by atoms with Crippen LogP contribution in [0.2, 0.25) is 0 Å². The van der Waals surface area contributed by atoms with Crippen molar-refractivity contribution in [2.45, 2.75) is 48.6 Å². The van der Waals surface area contributed by atoms with E-state index >= 15 is 0 Å². The number of aromatic nitrogens is 1. The third-order valence-electron chi connectivity index (χ3n) is 7.19. The maximum Gasteiger partial charge on any atom is 0.252 e. The Kier molecular flexibility index (Phi) is 4.92. The minimum atomic E-state index is -3.77. The Morgan fingerprint density at radius 3 is 2.34 bits per heavy atom. The molecule has 7 N–H and O–H groups in total. The van der Waals surface area contributed by atoms with Gasteiger partial charge in [0.05, 0.1) is 21.7 Å². The normalized spacial score (nSPS) is 30.8. The molecule has 1 aromatic heterocycles. The number of amides is 1. The van der Waals surface area contributed by atoms with Gasteiger partial charge in [0, 0.05) is 24.0 Å². The number of rotatable bonds is 6. The zero-order chi connectivity index (χ0) is 22.7. The van der Waals surface area contributed by atoms with Crippen molar-refractivity contribution in [1.82, 2.24) is 4.98 Å². The van der Waals surface area contributed by atoms with E-state index in [4.69, 9.17) is 10.9 Å². The van der Waals surface area contributed by atoms with Gasteiger partial charge in [0.15, 0.2) is 0 Å². The molecule has 9 nitrogen and oxygen atoms in total. The zero-order valence-electron chi connectivity index (χ0n) is 17.5. The fourth-order valence-corrected chi connectivity index (χ4v) is 6.63. The topological polar surface area (TPSA) is 160 Å². The lowest BCUT2D eigenvalue weighted by molar-refractivity contribution is -0.129. The number of carbonyl (C=O) groups is 1. The van der Waals surface area contributed by atoms with Crippen molar-refractivity contribution in [2.75, 3.05) is 10.6 Å². The van der Waals surface area contributed by atoms with Crippen LogP contribution in [0, 0.1) is 17.8 Å². The van der Waals surface area contributed by atoms with Crippen LogP contribution < -0.4 is 21.5 Å². The fraction of sp³-hybridized carbons (Fsp3) is 0.455. The number of nitrogens with zero attached hydrogens (tertiary/aromatic N) is 1. The molecule has 4 fully saturated rings. The van der Waals surface area contributed by atoms with Crippen LogP contribution in [0.15, 0.2) is 41.4 Å². The summed E-state index contributed by atoms with van der Waals surface area (Å²) in [5.41, 5.74) is 6.61. The third-order valence-corrected chi connectivity index (χ3v) is 8.12. The molecule has 4 aliphatic carbocycles. The Bertz CT molecular complexity index is 1150. The zero-order valence-corrected chi connectivity index (χ0v) is 18.3. The molecule has 10 heteroatoms. The second-order valence-electron chi connectivity index (χ2n) is 9.54. The van der Waals surface area contributed by atoms with Crippen LogP contribution in [-0.4, -0.2) is 36.1 Å². The molecule has 0 radical (unpaired) electrons. The molecule has 4 aliphatic rings. The molecule has 1 aromatic carbocycles. The number of nitrogens with one attached hydrogen (secondary N) is 2. The third kappa shape index (κ3) is 3.94. The number of hydrogen-bond donors (Lipinski definition) is 5. The SMILES string of the molecule is NC(=O)c1cnc(Nc2ccc(S(N)(=O)=O)cc2)cc1NC1[C@@H]2CC3C[C@H]1CC(O)(C3)C2. The van der Waals surface area contributed by atoms with Gasteiger partial charge in [0.1, 0.15) is 5.82 Å². The Morgan fingerprint density at radius 2 is 1.78 bits per heavy atom. The Balaban J connectivity index is 1.39. The number of primary sulfonamides is 1. The number of sulfonamides is 1. The number of nitrogens with two attached hydrogens (primary N) is 2. The Labute approximate surface area is 186 Å². The Hall–Kier alpha value is -2.69. The summed E-state index contributed by atoms with van der Waals surface area (Å²) in [6.45, 7) is 0. The van der Waals surface area contributed by atoms with Crippen LogP contribution in [0.4, 0.5) is 17.2 Å². The lowest BCUT2D eigenvalue weighted by atomic mass is 9.52. The van der Waals surface area contributed by atoms with Gasteiger partial charge in [-0.25, -0.2) is 18.5 Å². The molecule has 5 atom stereocenters. The quantitative estimate of drug-likeness (QED) is 0.443. The molecule has 6 rings (SSSR count). The van der Waals surface area contributed by atoms with Crippen molar-refractivity contribution in [1.29, 1.82) is 0 Å². The number of aliphatic hydroxyl groups is 1. The van der Waals surface area contributed by atoms with E-state index in [1.165, 1.54) is 18.3 Å². The monoisotopic (exact) mass is 457 g/mol. The van der Waals surface area contributed by atoms with Gasteiger partial charge in [-0.3, -0.25) is 4.79 Å². The van der Waals surface area contributed by atoms with Gasteiger partial charge in [-0.2, -0.15) is 0 Å². The van der Waals surface area contributed by atoms with E-state index in [-0.39, 0.29) is 10.9 Å². The molecule has 1 heterocycles. The van der Waals surface area contributed by atoms with Crippen molar-refractivity contribution in [2.24, 2.45) is 28.6 Å². The van der Waals surface area contributed by atoms with Gasteiger partial charge in [0.2, 0.25) is 10.0 Å². The highest BCUT2D eigenvalue weighted by atomic mass is 32.2. The van der Waals surface area contributed by atoms with Crippen LogP contribution in [-0.2, 0) is 10.0 Å². The van der Waals surface area contributed by atoms with Crippen LogP contribution in [0.1, 0.15) is 42.5 Å².